The monoisotopic (exact) mass is 342 g/mol. The molecule has 0 aliphatic carbocycles. The molecule has 0 amide bonds. The van der Waals surface area contributed by atoms with Crippen LogP contribution in [0, 0.1) is 0 Å². The molecular weight excluding hydrogens is 332 g/mol. The minimum absolute atomic E-state index is 0.212. The van der Waals surface area contributed by atoms with Crippen molar-refractivity contribution in [3.05, 3.63) is 46.2 Å². The largest absolute Gasteiger partial charge is 0.301 e. The van der Waals surface area contributed by atoms with E-state index in [-0.39, 0.29) is 5.56 Å². The van der Waals surface area contributed by atoms with E-state index in [1.165, 1.54) is 29.7 Å². The number of H-pyrrole nitrogens is 1. The number of hydrogen-bond acceptors (Lipinski definition) is 7. The van der Waals surface area contributed by atoms with Gasteiger partial charge in [0.15, 0.2) is 11.0 Å². The van der Waals surface area contributed by atoms with Crippen molar-refractivity contribution in [3.8, 4) is 11.4 Å². The van der Waals surface area contributed by atoms with Gasteiger partial charge in [0.05, 0.1) is 11.8 Å². The summed E-state index contributed by atoms with van der Waals surface area (Å²) in [5, 5.41) is 14.5. The van der Waals surface area contributed by atoms with Crippen LogP contribution in [0.25, 0.3) is 11.4 Å². The highest BCUT2D eigenvalue weighted by Crippen LogP contribution is 2.31. The number of benzene rings is 1. The maximum absolute atomic E-state index is 12.2. The summed E-state index contributed by atoms with van der Waals surface area (Å²) in [6.45, 7) is 0. The van der Waals surface area contributed by atoms with Crippen molar-refractivity contribution in [1.29, 1.82) is 0 Å². The van der Waals surface area contributed by atoms with Crippen LogP contribution in [0.4, 0.5) is 0 Å². The summed E-state index contributed by atoms with van der Waals surface area (Å²) in [6, 6.07) is 9.66. The molecular formula is C14H10N6OS2. The van der Waals surface area contributed by atoms with Gasteiger partial charge in [0.25, 0.3) is 5.56 Å². The maximum atomic E-state index is 12.2. The van der Waals surface area contributed by atoms with E-state index in [1.54, 1.807) is 4.68 Å². The van der Waals surface area contributed by atoms with Gasteiger partial charge in [0.2, 0.25) is 5.16 Å². The van der Waals surface area contributed by atoms with Crippen LogP contribution in [0.2, 0.25) is 0 Å². The summed E-state index contributed by atoms with van der Waals surface area (Å²) < 4.78 is 1.62. The second kappa shape index (κ2) is 5.67. The topological polar surface area (TPSA) is 88.8 Å². The zero-order valence-electron chi connectivity index (χ0n) is 11.9. The van der Waals surface area contributed by atoms with Crippen LogP contribution in [-0.4, -0.2) is 37.3 Å². The third kappa shape index (κ3) is 2.47. The smallest absolute Gasteiger partial charge is 0.261 e. The molecule has 0 unspecified atom stereocenters. The zero-order chi connectivity index (χ0) is 15.8. The number of thioether (sulfide) groups is 1. The molecule has 0 atom stereocenters. The van der Waals surface area contributed by atoms with Gasteiger partial charge in [-0.25, -0.2) is 4.98 Å². The Labute approximate surface area is 139 Å². The average molecular weight is 342 g/mol. The van der Waals surface area contributed by atoms with Gasteiger partial charge in [-0.05, 0) is 18.0 Å². The SMILES string of the molecule is CSc1nc2c(c(=O)[nH]1)C=Nn1c(nnc1-c1ccccc1)S2. The number of aromatic amines is 1. The highest BCUT2D eigenvalue weighted by molar-refractivity contribution is 7.99. The highest BCUT2D eigenvalue weighted by Gasteiger charge is 2.21. The van der Waals surface area contributed by atoms with E-state index < -0.39 is 0 Å². The van der Waals surface area contributed by atoms with Crippen molar-refractivity contribution in [2.75, 3.05) is 6.26 Å². The van der Waals surface area contributed by atoms with Crippen molar-refractivity contribution < 1.29 is 0 Å². The normalized spacial score (nSPS) is 12.6. The van der Waals surface area contributed by atoms with E-state index in [0.717, 1.165) is 5.56 Å². The van der Waals surface area contributed by atoms with Crippen molar-refractivity contribution in [2.45, 2.75) is 15.3 Å². The summed E-state index contributed by atoms with van der Waals surface area (Å²) in [5.41, 5.74) is 1.12. The Kier molecular flexibility index (Phi) is 3.50. The van der Waals surface area contributed by atoms with Crippen LogP contribution in [0.15, 0.2) is 55.6 Å². The molecule has 0 fully saturated rings. The van der Waals surface area contributed by atoms with E-state index in [1.807, 2.05) is 36.6 Å². The van der Waals surface area contributed by atoms with Gasteiger partial charge in [-0.2, -0.15) is 9.78 Å². The summed E-state index contributed by atoms with van der Waals surface area (Å²) in [6.07, 6.45) is 3.36. The molecule has 3 aromatic rings. The van der Waals surface area contributed by atoms with Gasteiger partial charge in [0.1, 0.15) is 5.03 Å². The first-order valence-electron chi connectivity index (χ1n) is 6.67. The lowest BCUT2D eigenvalue weighted by molar-refractivity contribution is 0.775. The van der Waals surface area contributed by atoms with Crippen LogP contribution in [-0.2, 0) is 0 Å². The average Bonchev–Trinajstić information content (AvgIpc) is 2.88. The molecule has 114 valence electrons. The van der Waals surface area contributed by atoms with E-state index in [9.17, 15) is 4.79 Å². The van der Waals surface area contributed by atoms with Gasteiger partial charge in [-0.15, -0.1) is 10.2 Å². The Bertz CT molecular complexity index is 963. The molecule has 0 bridgehead atoms. The first-order chi connectivity index (χ1) is 11.3. The fraction of sp³-hybridized carbons (Fsp3) is 0.0714. The quantitative estimate of drug-likeness (QED) is 0.341. The molecule has 2 aromatic heterocycles. The van der Waals surface area contributed by atoms with Crippen molar-refractivity contribution >= 4 is 29.7 Å². The van der Waals surface area contributed by atoms with Crippen LogP contribution in [0.3, 0.4) is 0 Å². The van der Waals surface area contributed by atoms with E-state index in [0.29, 0.717) is 26.7 Å². The summed E-state index contributed by atoms with van der Waals surface area (Å²) >= 11 is 2.66. The number of fused-ring (bicyclic) bond motifs is 2. The molecule has 0 radical (unpaired) electrons. The Balaban J connectivity index is 1.86. The molecule has 23 heavy (non-hydrogen) atoms. The number of rotatable bonds is 2. The fourth-order valence-electron chi connectivity index (χ4n) is 2.13. The summed E-state index contributed by atoms with van der Waals surface area (Å²) in [4.78, 5) is 19.3. The zero-order valence-corrected chi connectivity index (χ0v) is 13.6. The third-order valence-electron chi connectivity index (χ3n) is 3.23. The summed E-state index contributed by atoms with van der Waals surface area (Å²) in [7, 11) is 0. The lowest BCUT2D eigenvalue weighted by Crippen LogP contribution is -2.15. The molecule has 1 aliphatic rings. The molecule has 0 saturated heterocycles. The lowest BCUT2D eigenvalue weighted by atomic mass is 10.2. The first kappa shape index (κ1) is 14.2. The second-order valence-corrected chi connectivity index (χ2v) is 6.38. The van der Waals surface area contributed by atoms with E-state index in [2.05, 4.69) is 25.3 Å². The van der Waals surface area contributed by atoms with Gasteiger partial charge in [-0.1, -0.05) is 42.1 Å². The molecule has 7 nitrogen and oxygen atoms in total. The van der Waals surface area contributed by atoms with E-state index >= 15 is 0 Å². The third-order valence-corrected chi connectivity index (χ3v) is 4.75. The Hall–Kier alpha value is -2.39. The molecule has 9 heteroatoms. The number of nitrogens with one attached hydrogen (secondary N) is 1. The van der Waals surface area contributed by atoms with Gasteiger partial charge in [0, 0.05) is 5.56 Å². The fourth-order valence-corrected chi connectivity index (χ4v) is 3.43. The molecule has 3 heterocycles. The molecule has 0 spiro atoms. The molecule has 1 N–H and O–H groups in total. The van der Waals surface area contributed by atoms with Crippen LogP contribution in [0.5, 0.6) is 0 Å². The Morgan fingerprint density at radius 2 is 2.04 bits per heavy atom. The van der Waals surface area contributed by atoms with Gasteiger partial charge in [-0.3, -0.25) is 4.79 Å². The molecule has 4 rings (SSSR count). The van der Waals surface area contributed by atoms with Crippen molar-refractivity contribution in [2.24, 2.45) is 5.10 Å². The predicted octanol–water partition coefficient (Wildman–Crippen LogP) is 2.10. The summed E-state index contributed by atoms with van der Waals surface area (Å²) in [5.74, 6) is 0.624. The van der Waals surface area contributed by atoms with Gasteiger partial charge < -0.3 is 4.98 Å². The van der Waals surface area contributed by atoms with Crippen molar-refractivity contribution in [1.82, 2.24) is 24.8 Å². The first-order valence-corrected chi connectivity index (χ1v) is 8.72. The van der Waals surface area contributed by atoms with Crippen LogP contribution < -0.4 is 5.56 Å². The van der Waals surface area contributed by atoms with E-state index in [4.69, 9.17) is 0 Å². The predicted molar refractivity (Wildman–Crippen MR) is 89.2 cm³/mol. The van der Waals surface area contributed by atoms with Crippen LogP contribution in [0.1, 0.15) is 5.56 Å². The van der Waals surface area contributed by atoms with Crippen molar-refractivity contribution in [3.63, 3.8) is 0 Å². The van der Waals surface area contributed by atoms with Crippen LogP contribution >= 0.6 is 23.5 Å². The maximum Gasteiger partial charge on any atom is 0.261 e. The standard InChI is InChI=1S/C14H10N6OS2/c1-22-13-16-11(21)9-7-15-20-10(8-5-3-2-4-6-8)18-19-14(20)23-12(9)17-13/h2-7H,1H3,(H,16,17,21). The molecule has 1 aliphatic heterocycles. The number of aromatic nitrogens is 5. The highest BCUT2D eigenvalue weighted by atomic mass is 32.2. The Morgan fingerprint density at radius 1 is 1.22 bits per heavy atom. The molecule has 0 saturated carbocycles. The Morgan fingerprint density at radius 3 is 2.83 bits per heavy atom. The minimum Gasteiger partial charge on any atom is -0.301 e. The molecule has 1 aromatic carbocycles. The minimum atomic E-state index is -0.212. The number of nitrogens with zero attached hydrogens (tertiary/aromatic N) is 5. The lowest BCUT2D eigenvalue weighted by Gasteiger charge is -2.02. The van der Waals surface area contributed by atoms with Gasteiger partial charge >= 0.3 is 0 Å². The second-order valence-electron chi connectivity index (χ2n) is 4.62. The number of hydrogen-bond donors (Lipinski definition) is 1.